The van der Waals surface area contributed by atoms with Crippen LogP contribution in [0.15, 0.2) is 24.3 Å². The normalized spacial score (nSPS) is 19.4. The lowest BCUT2D eigenvalue weighted by Gasteiger charge is -2.27. The van der Waals surface area contributed by atoms with Crippen LogP contribution in [-0.2, 0) is 16.1 Å². The van der Waals surface area contributed by atoms with Crippen molar-refractivity contribution in [1.29, 1.82) is 0 Å². The van der Waals surface area contributed by atoms with Crippen molar-refractivity contribution in [2.24, 2.45) is 0 Å². The van der Waals surface area contributed by atoms with Crippen LogP contribution in [0, 0.1) is 0 Å². The van der Waals surface area contributed by atoms with Crippen molar-refractivity contribution in [3.05, 3.63) is 29.8 Å². The van der Waals surface area contributed by atoms with E-state index in [0.29, 0.717) is 6.54 Å². The van der Waals surface area contributed by atoms with E-state index in [1.807, 2.05) is 24.3 Å². The van der Waals surface area contributed by atoms with Gasteiger partial charge in [-0.3, -0.25) is 9.59 Å². The quantitative estimate of drug-likeness (QED) is 0.846. The Morgan fingerprint density at radius 2 is 2.06 bits per heavy atom. The molecule has 1 aromatic carbocycles. The third-order valence-electron chi connectivity index (χ3n) is 3.28. The van der Waals surface area contributed by atoms with Gasteiger partial charge in [0, 0.05) is 26.3 Å². The first kappa shape index (κ1) is 12.4. The van der Waals surface area contributed by atoms with Crippen molar-refractivity contribution >= 4 is 17.6 Å². The Kier molecular flexibility index (Phi) is 3.23. The number of likely N-dealkylation sites (N-methyl/N-ethyl adjacent to an activating group) is 2. The van der Waals surface area contributed by atoms with Crippen molar-refractivity contribution in [2.45, 2.75) is 19.0 Å². The van der Waals surface area contributed by atoms with E-state index < -0.39 is 12.0 Å². The molecule has 1 amide bonds. The first-order valence-electron chi connectivity index (χ1n) is 5.78. The summed E-state index contributed by atoms with van der Waals surface area (Å²) in [5.41, 5.74) is 1.95. The van der Waals surface area contributed by atoms with E-state index >= 15 is 0 Å². The van der Waals surface area contributed by atoms with Crippen LogP contribution < -0.4 is 4.90 Å². The molecule has 1 heterocycles. The number of amides is 1. The molecule has 1 N–H and O–H groups in total. The third kappa shape index (κ3) is 2.16. The first-order valence-corrected chi connectivity index (χ1v) is 5.78. The minimum Gasteiger partial charge on any atom is -0.481 e. The van der Waals surface area contributed by atoms with Gasteiger partial charge in [-0.1, -0.05) is 18.2 Å². The van der Waals surface area contributed by atoms with Crippen molar-refractivity contribution < 1.29 is 14.7 Å². The highest BCUT2D eigenvalue weighted by Crippen LogP contribution is 2.27. The topological polar surface area (TPSA) is 60.9 Å². The summed E-state index contributed by atoms with van der Waals surface area (Å²) < 4.78 is 0. The van der Waals surface area contributed by atoms with Crippen molar-refractivity contribution in [3.8, 4) is 0 Å². The molecule has 0 aromatic heterocycles. The average molecular weight is 248 g/mol. The van der Waals surface area contributed by atoms with E-state index in [1.165, 1.54) is 0 Å². The van der Waals surface area contributed by atoms with Crippen LogP contribution in [0.25, 0.3) is 0 Å². The average Bonchev–Trinajstić information content (AvgIpc) is 2.41. The second-order valence-corrected chi connectivity index (χ2v) is 4.55. The number of carbonyl (C=O) groups is 2. The van der Waals surface area contributed by atoms with Crippen molar-refractivity contribution in [1.82, 2.24) is 4.90 Å². The fourth-order valence-electron chi connectivity index (χ4n) is 2.30. The maximum atomic E-state index is 12.2. The number of hydrogen-bond acceptors (Lipinski definition) is 3. The fraction of sp³-hybridized carbons (Fsp3) is 0.385. The van der Waals surface area contributed by atoms with Gasteiger partial charge in [0.2, 0.25) is 5.91 Å². The van der Waals surface area contributed by atoms with Gasteiger partial charge >= 0.3 is 5.97 Å². The summed E-state index contributed by atoms with van der Waals surface area (Å²) in [6, 6.07) is 7.04. The van der Waals surface area contributed by atoms with E-state index in [2.05, 4.69) is 0 Å². The molecule has 0 aliphatic carbocycles. The number of carbonyl (C=O) groups excluding carboxylic acids is 1. The van der Waals surface area contributed by atoms with E-state index in [1.54, 1.807) is 23.9 Å². The highest BCUT2D eigenvalue weighted by Gasteiger charge is 2.32. The molecule has 5 heteroatoms. The number of hydrogen-bond donors (Lipinski definition) is 1. The molecule has 18 heavy (non-hydrogen) atoms. The molecule has 1 atom stereocenters. The zero-order valence-electron chi connectivity index (χ0n) is 10.5. The van der Waals surface area contributed by atoms with Crippen LogP contribution in [0.1, 0.15) is 12.0 Å². The number of rotatable bonds is 2. The van der Waals surface area contributed by atoms with Gasteiger partial charge in [-0.25, -0.2) is 0 Å². The van der Waals surface area contributed by atoms with Crippen LogP contribution in [0.2, 0.25) is 0 Å². The van der Waals surface area contributed by atoms with Crippen LogP contribution >= 0.6 is 0 Å². The summed E-state index contributed by atoms with van der Waals surface area (Å²) in [6.45, 7) is 0.509. The summed E-state index contributed by atoms with van der Waals surface area (Å²) in [4.78, 5) is 26.4. The Hall–Kier alpha value is -2.04. The minimum absolute atomic E-state index is 0.156. The van der Waals surface area contributed by atoms with Crippen LogP contribution in [-0.4, -0.2) is 42.0 Å². The maximum absolute atomic E-state index is 12.2. The number of anilines is 1. The van der Waals surface area contributed by atoms with Gasteiger partial charge in [-0.05, 0) is 11.6 Å². The highest BCUT2D eigenvalue weighted by molar-refractivity contribution is 5.90. The fourth-order valence-corrected chi connectivity index (χ4v) is 2.30. The predicted molar refractivity (Wildman–Crippen MR) is 67.4 cm³/mol. The molecule has 0 saturated heterocycles. The standard InChI is InChI=1S/C13H16N2O3/c1-14-8-9-5-3-4-6-10(9)15(2)11(13(14)18)7-12(16)17/h3-6,11H,7-8H2,1-2H3,(H,16,17). The number of para-hydroxylation sites is 1. The molecule has 1 unspecified atom stereocenters. The molecule has 1 aromatic rings. The van der Waals surface area contributed by atoms with Gasteiger partial charge in [0.25, 0.3) is 0 Å². The summed E-state index contributed by atoms with van der Waals surface area (Å²) in [6.07, 6.45) is -0.187. The lowest BCUT2D eigenvalue weighted by Crippen LogP contribution is -2.44. The Morgan fingerprint density at radius 1 is 1.39 bits per heavy atom. The van der Waals surface area contributed by atoms with E-state index in [4.69, 9.17) is 5.11 Å². The van der Waals surface area contributed by atoms with Crippen LogP contribution in [0.3, 0.4) is 0 Å². The molecule has 0 bridgehead atoms. The molecule has 2 rings (SSSR count). The SMILES string of the molecule is CN1Cc2ccccc2N(C)C(CC(=O)O)C1=O. The first-order chi connectivity index (χ1) is 8.50. The number of carboxylic acids is 1. The van der Waals surface area contributed by atoms with E-state index in [0.717, 1.165) is 11.3 Å². The highest BCUT2D eigenvalue weighted by atomic mass is 16.4. The van der Waals surface area contributed by atoms with E-state index in [-0.39, 0.29) is 12.3 Å². The van der Waals surface area contributed by atoms with Gasteiger partial charge in [0.15, 0.2) is 0 Å². The molecule has 1 aliphatic heterocycles. The van der Waals surface area contributed by atoms with Crippen LogP contribution in [0.5, 0.6) is 0 Å². The molecule has 0 saturated carbocycles. The van der Waals surface area contributed by atoms with Gasteiger partial charge in [0.05, 0.1) is 6.42 Å². The monoisotopic (exact) mass is 248 g/mol. The number of fused-ring (bicyclic) bond motifs is 1. The number of nitrogens with zero attached hydrogens (tertiary/aromatic N) is 2. The largest absolute Gasteiger partial charge is 0.481 e. The number of carboxylic acid groups (broad SMARTS) is 1. The van der Waals surface area contributed by atoms with Crippen molar-refractivity contribution in [3.63, 3.8) is 0 Å². The molecule has 5 nitrogen and oxygen atoms in total. The summed E-state index contributed by atoms with van der Waals surface area (Å²) in [5, 5.41) is 8.93. The second kappa shape index (κ2) is 4.68. The third-order valence-corrected chi connectivity index (χ3v) is 3.28. The predicted octanol–water partition coefficient (Wildman–Crippen LogP) is 0.938. The Balaban J connectivity index is 2.43. The summed E-state index contributed by atoms with van der Waals surface area (Å²) in [5.74, 6) is -1.12. The molecule has 1 aliphatic rings. The molecule has 96 valence electrons. The Morgan fingerprint density at radius 3 is 2.72 bits per heavy atom. The lowest BCUT2D eigenvalue weighted by atomic mass is 10.1. The Bertz CT molecular complexity index is 487. The van der Waals surface area contributed by atoms with Gasteiger partial charge < -0.3 is 14.9 Å². The van der Waals surface area contributed by atoms with Gasteiger partial charge in [-0.15, -0.1) is 0 Å². The molecular weight excluding hydrogens is 232 g/mol. The molecule has 0 fully saturated rings. The minimum atomic E-state index is -0.965. The van der Waals surface area contributed by atoms with E-state index in [9.17, 15) is 9.59 Å². The van der Waals surface area contributed by atoms with Crippen molar-refractivity contribution in [2.75, 3.05) is 19.0 Å². The molecule has 0 radical (unpaired) electrons. The van der Waals surface area contributed by atoms with Gasteiger partial charge in [-0.2, -0.15) is 0 Å². The summed E-state index contributed by atoms with van der Waals surface area (Å²) >= 11 is 0. The second-order valence-electron chi connectivity index (χ2n) is 4.55. The van der Waals surface area contributed by atoms with Gasteiger partial charge in [0.1, 0.15) is 6.04 Å². The Labute approximate surface area is 106 Å². The molecular formula is C13H16N2O3. The number of benzene rings is 1. The lowest BCUT2D eigenvalue weighted by molar-refractivity contribution is -0.141. The molecule has 0 spiro atoms. The maximum Gasteiger partial charge on any atom is 0.305 e. The zero-order valence-corrected chi connectivity index (χ0v) is 10.5. The smallest absolute Gasteiger partial charge is 0.305 e. The zero-order chi connectivity index (χ0) is 13.3. The van der Waals surface area contributed by atoms with Crippen LogP contribution in [0.4, 0.5) is 5.69 Å². The summed E-state index contributed by atoms with van der Waals surface area (Å²) in [7, 11) is 3.47. The number of aliphatic carboxylic acids is 1.